The van der Waals surface area contributed by atoms with Gasteiger partial charge in [-0.2, -0.15) is 0 Å². The molecule has 3 unspecified atom stereocenters. The maximum atomic E-state index is 14.1. The molecule has 2 fully saturated rings. The van der Waals surface area contributed by atoms with Gasteiger partial charge < -0.3 is 10.2 Å². The van der Waals surface area contributed by atoms with Gasteiger partial charge in [0.05, 0.1) is 16.9 Å². The van der Waals surface area contributed by atoms with E-state index in [0.29, 0.717) is 18.6 Å². The number of hydrogen-bond acceptors (Lipinski definition) is 6. The molecule has 0 aliphatic carbocycles. The number of aromatic nitrogens is 2. The van der Waals surface area contributed by atoms with E-state index in [9.17, 15) is 4.79 Å². The zero-order valence-electron chi connectivity index (χ0n) is 26.8. The molecule has 0 spiro atoms. The second kappa shape index (κ2) is 13.3. The molecule has 1 aromatic heterocycles. The molecule has 0 radical (unpaired) electrons. The van der Waals surface area contributed by atoms with Crippen LogP contribution in [0, 0.1) is 0 Å². The van der Waals surface area contributed by atoms with Gasteiger partial charge >= 0.3 is 0 Å². The highest BCUT2D eigenvalue weighted by Crippen LogP contribution is 2.40. The van der Waals surface area contributed by atoms with Crippen LogP contribution in [0.15, 0.2) is 53.3 Å². The molecular formula is C35H52N6O. The highest BCUT2D eigenvalue weighted by atomic mass is 16.1. The fraction of sp³-hybridized carbons (Fsp3) is 0.600. The molecule has 3 aromatic rings. The molecule has 5 rings (SSSR count). The minimum Gasteiger partial charge on any atom is -0.371 e. The summed E-state index contributed by atoms with van der Waals surface area (Å²) in [4.78, 5) is 26.9. The van der Waals surface area contributed by atoms with E-state index in [1.807, 2.05) is 4.57 Å². The molecule has 7 nitrogen and oxygen atoms in total. The first-order chi connectivity index (χ1) is 20.3. The van der Waals surface area contributed by atoms with Gasteiger partial charge in [-0.05, 0) is 76.9 Å². The summed E-state index contributed by atoms with van der Waals surface area (Å²) in [5.74, 6) is 0.927. The van der Waals surface area contributed by atoms with Crippen molar-refractivity contribution in [3.8, 4) is 0 Å². The largest absolute Gasteiger partial charge is 0.371 e. The number of benzene rings is 2. The van der Waals surface area contributed by atoms with Crippen LogP contribution >= 0.6 is 0 Å². The van der Waals surface area contributed by atoms with Gasteiger partial charge in [0, 0.05) is 56.0 Å². The smallest absolute Gasteiger partial charge is 0.261 e. The second-order valence-corrected chi connectivity index (χ2v) is 12.5. The summed E-state index contributed by atoms with van der Waals surface area (Å²) in [5.41, 5.74) is 3.52. The normalized spacial score (nSPS) is 22.1. The van der Waals surface area contributed by atoms with E-state index < -0.39 is 0 Å². The predicted octanol–water partition coefficient (Wildman–Crippen LogP) is 5.78. The van der Waals surface area contributed by atoms with E-state index in [1.165, 1.54) is 5.56 Å². The molecule has 3 atom stereocenters. The zero-order chi connectivity index (χ0) is 29.9. The highest BCUT2D eigenvalue weighted by molar-refractivity contribution is 5.82. The van der Waals surface area contributed by atoms with Crippen molar-refractivity contribution in [1.82, 2.24) is 24.7 Å². The third-order valence-corrected chi connectivity index (χ3v) is 9.81. The Kier molecular flexibility index (Phi) is 9.70. The number of rotatable bonds is 10. The number of piperidine rings is 1. The molecule has 0 amide bonds. The predicted molar refractivity (Wildman–Crippen MR) is 175 cm³/mol. The number of nitrogens with zero attached hydrogens (tertiary/aromatic N) is 5. The first kappa shape index (κ1) is 30.7. The summed E-state index contributed by atoms with van der Waals surface area (Å²) < 4.78 is 1.95. The molecule has 2 aromatic carbocycles. The lowest BCUT2D eigenvalue weighted by Gasteiger charge is -2.49. The quantitative estimate of drug-likeness (QED) is 0.333. The topological polar surface area (TPSA) is 56.6 Å². The minimum atomic E-state index is 0.0523. The summed E-state index contributed by atoms with van der Waals surface area (Å²) >= 11 is 0. The Morgan fingerprint density at radius 1 is 0.976 bits per heavy atom. The van der Waals surface area contributed by atoms with Crippen LogP contribution in [0.1, 0.15) is 84.7 Å². The van der Waals surface area contributed by atoms with E-state index in [2.05, 4.69) is 110 Å². The van der Waals surface area contributed by atoms with Crippen LogP contribution in [0.3, 0.4) is 0 Å². The van der Waals surface area contributed by atoms with Crippen LogP contribution in [-0.4, -0.2) is 70.7 Å². The molecule has 2 saturated heterocycles. The standard InChI is InChI=1S/C35H52N6O/c1-7-14-32(39-24-26(5)36-27(6)25-39)33-37-31-18-17-29(23-30(31)34(42)41(33)10-4)38-21-19-35(20-22-38,40(8-2)9-3)28-15-12-11-13-16-28/h11-13,15-18,23,26-27,32,36H,7-10,14,19-22,24-25H2,1-6H3. The van der Waals surface area contributed by atoms with E-state index in [0.717, 1.165) is 87.4 Å². The van der Waals surface area contributed by atoms with Gasteiger partial charge in [0.25, 0.3) is 5.56 Å². The monoisotopic (exact) mass is 572 g/mol. The zero-order valence-corrected chi connectivity index (χ0v) is 26.8. The lowest BCUT2D eigenvalue weighted by molar-refractivity contribution is 0.0699. The van der Waals surface area contributed by atoms with Gasteiger partial charge in [0.2, 0.25) is 0 Å². The van der Waals surface area contributed by atoms with Crippen LogP contribution in [0.2, 0.25) is 0 Å². The summed E-state index contributed by atoms with van der Waals surface area (Å²) in [6.07, 6.45) is 4.18. The maximum absolute atomic E-state index is 14.1. The van der Waals surface area contributed by atoms with Crippen molar-refractivity contribution in [2.24, 2.45) is 0 Å². The average molecular weight is 573 g/mol. The molecule has 7 heteroatoms. The number of nitrogens with one attached hydrogen (secondary N) is 1. The van der Waals surface area contributed by atoms with Crippen molar-refractivity contribution in [2.75, 3.05) is 44.2 Å². The Bertz CT molecular complexity index is 1370. The van der Waals surface area contributed by atoms with Crippen LogP contribution in [0.25, 0.3) is 10.9 Å². The average Bonchev–Trinajstić information content (AvgIpc) is 3.00. The minimum absolute atomic E-state index is 0.0523. The number of piperazine rings is 1. The third kappa shape index (κ3) is 5.88. The fourth-order valence-corrected chi connectivity index (χ4v) is 7.85. The van der Waals surface area contributed by atoms with Gasteiger partial charge in [-0.15, -0.1) is 0 Å². The number of fused-ring (bicyclic) bond motifs is 1. The molecule has 2 aliphatic heterocycles. The van der Waals surface area contributed by atoms with Gasteiger partial charge in [-0.25, -0.2) is 4.98 Å². The van der Waals surface area contributed by atoms with E-state index in [4.69, 9.17) is 4.98 Å². The Hall–Kier alpha value is -2.74. The molecular weight excluding hydrogens is 520 g/mol. The van der Waals surface area contributed by atoms with Crippen LogP contribution in [-0.2, 0) is 12.1 Å². The summed E-state index contributed by atoms with van der Waals surface area (Å²) in [5, 5.41) is 4.39. The molecule has 2 aliphatic rings. The number of hydrogen-bond donors (Lipinski definition) is 1. The van der Waals surface area contributed by atoms with Crippen molar-refractivity contribution in [1.29, 1.82) is 0 Å². The lowest BCUT2D eigenvalue weighted by Crippen LogP contribution is -2.55. The first-order valence-electron chi connectivity index (χ1n) is 16.4. The Morgan fingerprint density at radius 2 is 1.64 bits per heavy atom. The molecule has 0 saturated carbocycles. The molecule has 3 heterocycles. The van der Waals surface area contributed by atoms with Crippen LogP contribution in [0.4, 0.5) is 5.69 Å². The summed E-state index contributed by atoms with van der Waals surface area (Å²) in [6, 6.07) is 18.4. The molecule has 228 valence electrons. The SMILES string of the molecule is CCCC(c1nc2ccc(N3CCC(c4ccccc4)(N(CC)CC)CC3)cc2c(=O)n1CC)N1CC(C)NC(C)C1. The Morgan fingerprint density at radius 3 is 2.24 bits per heavy atom. The first-order valence-corrected chi connectivity index (χ1v) is 16.4. The Balaban J connectivity index is 1.46. The van der Waals surface area contributed by atoms with Crippen LogP contribution < -0.4 is 15.8 Å². The van der Waals surface area contributed by atoms with Gasteiger partial charge in [0.1, 0.15) is 5.82 Å². The van der Waals surface area contributed by atoms with Crippen molar-refractivity contribution in [2.45, 2.75) is 97.4 Å². The van der Waals surface area contributed by atoms with E-state index >= 15 is 0 Å². The summed E-state index contributed by atoms with van der Waals surface area (Å²) in [6.45, 7) is 19.9. The second-order valence-electron chi connectivity index (χ2n) is 12.5. The maximum Gasteiger partial charge on any atom is 0.261 e. The van der Waals surface area contributed by atoms with Crippen molar-refractivity contribution in [3.05, 3.63) is 70.3 Å². The molecule has 42 heavy (non-hydrogen) atoms. The molecule has 0 bridgehead atoms. The van der Waals surface area contributed by atoms with Gasteiger partial charge in [-0.1, -0.05) is 57.5 Å². The third-order valence-electron chi connectivity index (χ3n) is 9.81. The highest BCUT2D eigenvalue weighted by Gasteiger charge is 2.40. The Labute approximate surface area is 252 Å². The fourth-order valence-electron chi connectivity index (χ4n) is 7.85. The van der Waals surface area contributed by atoms with Crippen molar-refractivity contribution in [3.63, 3.8) is 0 Å². The lowest BCUT2D eigenvalue weighted by atomic mass is 9.79. The van der Waals surface area contributed by atoms with Crippen LogP contribution in [0.5, 0.6) is 0 Å². The van der Waals surface area contributed by atoms with Crippen molar-refractivity contribution < 1.29 is 0 Å². The van der Waals surface area contributed by atoms with Gasteiger partial charge in [-0.3, -0.25) is 19.2 Å². The molecule has 1 N–H and O–H groups in total. The van der Waals surface area contributed by atoms with E-state index in [1.54, 1.807) is 0 Å². The van der Waals surface area contributed by atoms with Gasteiger partial charge in [0.15, 0.2) is 0 Å². The van der Waals surface area contributed by atoms with Crippen molar-refractivity contribution >= 4 is 16.6 Å². The summed E-state index contributed by atoms with van der Waals surface area (Å²) in [7, 11) is 0. The van der Waals surface area contributed by atoms with E-state index in [-0.39, 0.29) is 17.1 Å². The number of anilines is 1.